The average molecular weight is 356 g/mol. The van der Waals surface area contributed by atoms with Gasteiger partial charge in [-0.25, -0.2) is 4.79 Å². The van der Waals surface area contributed by atoms with E-state index in [9.17, 15) is 14.4 Å². The summed E-state index contributed by atoms with van der Waals surface area (Å²) in [6.07, 6.45) is 16.2. The molecule has 0 aromatic heterocycles. The summed E-state index contributed by atoms with van der Waals surface area (Å²) in [4.78, 5) is 33.0. The Morgan fingerprint density at radius 1 is 0.880 bits per heavy atom. The summed E-state index contributed by atoms with van der Waals surface area (Å²) in [6, 6.07) is -0.949. The van der Waals surface area contributed by atoms with E-state index in [0.29, 0.717) is 12.7 Å². The zero-order valence-corrected chi connectivity index (χ0v) is 15.9. The molecule has 0 bridgehead atoms. The summed E-state index contributed by atoms with van der Waals surface area (Å²) in [5.41, 5.74) is 0. The van der Waals surface area contributed by atoms with Gasteiger partial charge in [-0.1, -0.05) is 77.6 Å². The van der Waals surface area contributed by atoms with E-state index in [0.717, 1.165) is 19.3 Å². The number of amides is 1. The van der Waals surface area contributed by atoms with E-state index in [1.807, 2.05) is 0 Å². The highest BCUT2D eigenvalue weighted by Crippen LogP contribution is 2.12. The lowest BCUT2D eigenvalue weighted by Crippen LogP contribution is -2.40. The van der Waals surface area contributed by atoms with E-state index in [4.69, 9.17) is 5.11 Å². The molecule has 5 nitrogen and oxygen atoms in total. The fourth-order valence-corrected chi connectivity index (χ4v) is 2.89. The van der Waals surface area contributed by atoms with Crippen molar-refractivity contribution < 1.29 is 19.5 Å². The molecule has 1 atom stereocenters. The molecule has 2 N–H and O–H groups in total. The molecule has 25 heavy (non-hydrogen) atoms. The van der Waals surface area contributed by atoms with Crippen LogP contribution in [0.25, 0.3) is 0 Å². The lowest BCUT2D eigenvalue weighted by atomic mass is 10.0. The van der Waals surface area contributed by atoms with Gasteiger partial charge in [-0.15, -0.1) is 0 Å². The molecule has 0 unspecified atom stereocenters. The predicted molar refractivity (Wildman–Crippen MR) is 101 cm³/mol. The van der Waals surface area contributed by atoms with Crippen molar-refractivity contribution >= 4 is 18.2 Å². The molecule has 5 heteroatoms. The van der Waals surface area contributed by atoms with Gasteiger partial charge in [0, 0.05) is 12.8 Å². The van der Waals surface area contributed by atoms with Gasteiger partial charge >= 0.3 is 5.97 Å². The van der Waals surface area contributed by atoms with E-state index >= 15 is 0 Å². The lowest BCUT2D eigenvalue weighted by molar-refractivity contribution is -0.142. The van der Waals surface area contributed by atoms with Crippen molar-refractivity contribution in [3.63, 3.8) is 0 Å². The topological polar surface area (TPSA) is 83.5 Å². The Hall–Kier alpha value is -1.39. The number of carbonyl (C=O) groups excluding carboxylic acids is 2. The molecule has 0 radical (unpaired) electrons. The smallest absolute Gasteiger partial charge is 0.326 e. The van der Waals surface area contributed by atoms with Crippen LogP contribution in [0.3, 0.4) is 0 Å². The van der Waals surface area contributed by atoms with Crippen LogP contribution in [0.1, 0.15) is 103 Å². The highest BCUT2D eigenvalue weighted by Gasteiger charge is 2.18. The first-order valence-corrected chi connectivity index (χ1v) is 10.1. The van der Waals surface area contributed by atoms with E-state index in [-0.39, 0.29) is 18.7 Å². The molecule has 0 aliphatic heterocycles. The van der Waals surface area contributed by atoms with Crippen molar-refractivity contribution in [2.75, 3.05) is 0 Å². The van der Waals surface area contributed by atoms with Crippen molar-refractivity contribution in [3.05, 3.63) is 0 Å². The lowest BCUT2D eigenvalue weighted by Gasteiger charge is -2.13. The quantitative estimate of drug-likeness (QED) is 0.277. The second kappa shape index (κ2) is 17.4. The third-order valence-corrected chi connectivity index (χ3v) is 4.46. The predicted octanol–water partition coefficient (Wildman–Crippen LogP) is 4.63. The van der Waals surface area contributed by atoms with Gasteiger partial charge in [0.15, 0.2) is 0 Å². The minimum Gasteiger partial charge on any atom is -0.480 e. The third kappa shape index (κ3) is 15.9. The molecule has 0 rings (SSSR count). The van der Waals surface area contributed by atoms with Crippen LogP contribution in [-0.2, 0) is 14.4 Å². The van der Waals surface area contributed by atoms with Crippen molar-refractivity contribution in [1.82, 2.24) is 5.32 Å². The number of carboxylic acid groups (broad SMARTS) is 1. The summed E-state index contributed by atoms with van der Waals surface area (Å²) < 4.78 is 0. The van der Waals surface area contributed by atoms with E-state index in [2.05, 4.69) is 12.2 Å². The molecule has 0 aliphatic carbocycles. The second-order valence-electron chi connectivity index (χ2n) is 6.84. The maximum Gasteiger partial charge on any atom is 0.326 e. The zero-order chi connectivity index (χ0) is 18.8. The van der Waals surface area contributed by atoms with Gasteiger partial charge in [-0.2, -0.15) is 0 Å². The second-order valence-corrected chi connectivity index (χ2v) is 6.84. The Morgan fingerprint density at radius 2 is 1.36 bits per heavy atom. The Kier molecular flexibility index (Phi) is 16.5. The summed E-state index contributed by atoms with van der Waals surface area (Å²) in [5, 5.41) is 11.5. The summed E-state index contributed by atoms with van der Waals surface area (Å²) in [5.74, 6) is -1.31. The molecular weight excluding hydrogens is 318 g/mol. The van der Waals surface area contributed by atoms with Gasteiger partial charge in [0.25, 0.3) is 0 Å². The minimum absolute atomic E-state index is 0.149. The number of carbonyl (C=O) groups is 3. The van der Waals surface area contributed by atoms with Crippen LogP contribution in [0, 0.1) is 0 Å². The largest absolute Gasteiger partial charge is 0.480 e. The number of nitrogens with one attached hydrogen (secondary N) is 1. The van der Waals surface area contributed by atoms with Crippen LogP contribution < -0.4 is 5.32 Å². The SMILES string of the molecule is CCCCCCCCCCCCCCC(=O)N[C@@H](CCC=O)C(=O)O. The normalized spacial score (nSPS) is 11.9. The van der Waals surface area contributed by atoms with Crippen molar-refractivity contribution in [1.29, 1.82) is 0 Å². The Morgan fingerprint density at radius 3 is 1.80 bits per heavy atom. The molecule has 0 saturated heterocycles. The number of hydrogen-bond acceptors (Lipinski definition) is 3. The van der Waals surface area contributed by atoms with Crippen LogP contribution >= 0.6 is 0 Å². The van der Waals surface area contributed by atoms with Gasteiger partial charge in [0.1, 0.15) is 12.3 Å². The molecular formula is C20H37NO4. The molecule has 0 saturated carbocycles. The minimum atomic E-state index is -1.08. The molecule has 0 aliphatic rings. The highest BCUT2D eigenvalue weighted by molar-refractivity contribution is 5.83. The maximum absolute atomic E-state index is 11.7. The molecule has 1 amide bonds. The van der Waals surface area contributed by atoms with Crippen LogP contribution in [0.4, 0.5) is 0 Å². The number of hydrogen-bond donors (Lipinski definition) is 2. The zero-order valence-electron chi connectivity index (χ0n) is 15.9. The fraction of sp³-hybridized carbons (Fsp3) is 0.850. The van der Waals surface area contributed by atoms with Crippen LogP contribution in [-0.4, -0.2) is 29.3 Å². The summed E-state index contributed by atoms with van der Waals surface area (Å²) in [6.45, 7) is 2.24. The van der Waals surface area contributed by atoms with Crippen LogP contribution in [0.5, 0.6) is 0 Å². The molecule has 146 valence electrons. The number of aldehydes is 1. The molecule has 0 aromatic rings. The van der Waals surface area contributed by atoms with Gasteiger partial charge < -0.3 is 15.2 Å². The van der Waals surface area contributed by atoms with Crippen LogP contribution in [0.15, 0.2) is 0 Å². The fourth-order valence-electron chi connectivity index (χ4n) is 2.89. The molecule has 0 aromatic carbocycles. The third-order valence-electron chi connectivity index (χ3n) is 4.46. The Balaban J connectivity index is 3.47. The van der Waals surface area contributed by atoms with Gasteiger partial charge in [0.2, 0.25) is 5.91 Å². The average Bonchev–Trinajstić information content (AvgIpc) is 2.59. The van der Waals surface area contributed by atoms with Crippen molar-refractivity contribution in [2.24, 2.45) is 0 Å². The highest BCUT2D eigenvalue weighted by atomic mass is 16.4. The van der Waals surface area contributed by atoms with E-state index < -0.39 is 12.0 Å². The summed E-state index contributed by atoms with van der Waals surface area (Å²) in [7, 11) is 0. The number of aliphatic carboxylic acids is 1. The van der Waals surface area contributed by atoms with Gasteiger partial charge in [0.05, 0.1) is 0 Å². The van der Waals surface area contributed by atoms with E-state index in [1.54, 1.807) is 0 Å². The molecule has 0 heterocycles. The maximum atomic E-state index is 11.7. The van der Waals surface area contributed by atoms with Crippen molar-refractivity contribution in [3.8, 4) is 0 Å². The standard InChI is InChI=1S/C20H37NO4/c1-2-3-4-5-6-7-8-9-10-11-12-13-16-19(23)21-18(20(24)25)15-14-17-22/h17-18H,2-16H2,1H3,(H,21,23)(H,24,25)/t18-/m0/s1. The Labute approximate surface area is 153 Å². The molecule has 0 spiro atoms. The Bertz CT molecular complexity index is 358. The first kappa shape index (κ1) is 23.6. The number of carboxylic acids is 1. The summed E-state index contributed by atoms with van der Waals surface area (Å²) >= 11 is 0. The van der Waals surface area contributed by atoms with E-state index in [1.165, 1.54) is 57.8 Å². The number of unbranched alkanes of at least 4 members (excludes halogenated alkanes) is 11. The van der Waals surface area contributed by atoms with Gasteiger partial charge in [-0.3, -0.25) is 4.79 Å². The van der Waals surface area contributed by atoms with Crippen LogP contribution in [0.2, 0.25) is 0 Å². The first-order chi connectivity index (χ1) is 12.1. The number of rotatable bonds is 18. The molecule has 0 fully saturated rings. The van der Waals surface area contributed by atoms with Crippen molar-refractivity contribution in [2.45, 2.75) is 109 Å². The monoisotopic (exact) mass is 355 g/mol. The van der Waals surface area contributed by atoms with Gasteiger partial charge in [-0.05, 0) is 12.8 Å². The first-order valence-electron chi connectivity index (χ1n) is 10.1.